The summed E-state index contributed by atoms with van der Waals surface area (Å²) in [6.45, 7) is 7.72. The minimum absolute atomic E-state index is 0. The van der Waals surface area contributed by atoms with Crippen molar-refractivity contribution in [2.45, 2.75) is 32.6 Å². The van der Waals surface area contributed by atoms with Gasteiger partial charge in [0.05, 0.1) is 34.6 Å². The van der Waals surface area contributed by atoms with Crippen LogP contribution in [0.3, 0.4) is 0 Å². The smallest absolute Gasteiger partial charge is 0.454 e. The molecule has 1 aliphatic heterocycles. The number of furan rings is 4. The van der Waals surface area contributed by atoms with Gasteiger partial charge in [-0.1, -0.05) is 280 Å². The Kier molecular flexibility index (Phi) is 30.7. The molecule has 0 radical (unpaired) electrons. The summed E-state index contributed by atoms with van der Waals surface area (Å²) < 4.78 is 33.2. The molecule has 0 unspecified atom stereocenters. The number of unbranched alkanes of at least 4 members (excludes halogenated alkanes) is 1. The molecule has 0 bridgehead atoms. The predicted molar refractivity (Wildman–Crippen MR) is 574 cm³/mol. The molecule has 0 spiro atoms. The van der Waals surface area contributed by atoms with Crippen LogP contribution in [-0.4, -0.2) is 36.3 Å². The van der Waals surface area contributed by atoms with Crippen molar-refractivity contribution in [3.63, 3.8) is 0 Å². The average molecular weight is 2060 g/mol. The van der Waals surface area contributed by atoms with Gasteiger partial charge in [-0.05, 0) is 222 Å². The summed E-state index contributed by atoms with van der Waals surface area (Å²) in [5.41, 5.74) is 25.9. The molecule has 4 aromatic heterocycles. The summed E-state index contributed by atoms with van der Waals surface area (Å²) in [5, 5.41) is 10.9. The summed E-state index contributed by atoms with van der Waals surface area (Å²) >= 11 is 13.5. The molecule has 17 aromatic carbocycles. The number of carbonyl (C=O) groups is 4. The van der Waals surface area contributed by atoms with Gasteiger partial charge in [-0.25, -0.2) is 0 Å². The fourth-order valence-corrected chi connectivity index (χ4v) is 18.2. The monoisotopic (exact) mass is 2050 g/mol. The van der Waals surface area contributed by atoms with Gasteiger partial charge in [0.15, 0.2) is 45.5 Å². The number of rotatable bonds is 10. The van der Waals surface area contributed by atoms with E-state index in [2.05, 4.69) is 196 Å². The first-order valence-electron chi connectivity index (χ1n) is 44.9. The first-order valence-corrected chi connectivity index (χ1v) is 48.1. The molecule has 670 valence electrons. The van der Waals surface area contributed by atoms with Gasteiger partial charge in [0.25, 0.3) is 5.76 Å². The zero-order valence-corrected chi connectivity index (χ0v) is 81.7. The number of ketones is 4. The molecular formula is C120H88Br4LiN4O9+. The summed E-state index contributed by atoms with van der Waals surface area (Å²) in [4.78, 5) is 57.8. The standard InChI is InChI=1S/C50H30N2O4.C18H13NO.C14H6Br2O2.C12H6BrO.C12H9Br.C6H7N.C4H8O.C4H9.Li/c53-47-38-28-26-34(52(32-15-5-2-6-16-32)44-22-12-20-40-36-18-8-10-24-46(36)56-50(40)44)30-42(38)48(54)37-27-25-33(29-41(37)47)51(31-13-3-1-4-14-31)43-21-11-19-39-35-17-7-9-23-45(35)55-49(39)43;1-2-7-13(8-3-1)19-16-11-6-10-15-14-9-4-5-12-17(14)20-18(15)16;15-7-1-3-9-11(5-7)14(18)10-4-2-8(16)6-12(10)13(9)17;13-10-6-3-5-9-8-4-1-2-7-11(8)14-12(9)10;13-12-8-6-11(7-9-12)10-4-2-1-3-5-10;7-6-4-2-1-3-5-6;1-2-4-5-3-1;1-3-4-2;/h1-30H;1-12,19H;1-6H;1-5,7H;1-9H;1-5H,7H2;1-4H2;1,3-4H2,2H3;/q;;;+1;;;;-1;+1. The van der Waals surface area contributed by atoms with E-state index < -0.39 is 0 Å². The van der Waals surface area contributed by atoms with Crippen molar-refractivity contribution < 1.29 is 60.4 Å². The minimum Gasteiger partial charge on any atom is -0.454 e. The maximum atomic E-state index is 14.5. The van der Waals surface area contributed by atoms with Crippen LogP contribution in [0.25, 0.3) is 98.5 Å². The maximum absolute atomic E-state index is 14.5. The van der Waals surface area contributed by atoms with E-state index in [1.54, 1.807) is 48.5 Å². The van der Waals surface area contributed by atoms with Crippen molar-refractivity contribution >= 4 is 225 Å². The largest absolute Gasteiger partial charge is 1.00 e. The fourth-order valence-electron chi connectivity index (χ4n) is 16.7. The molecule has 4 aliphatic rings. The molecule has 1 fully saturated rings. The summed E-state index contributed by atoms with van der Waals surface area (Å²) in [6, 6.07) is 130. The average Bonchev–Trinajstić information content (AvgIpc) is 1.22. The van der Waals surface area contributed by atoms with E-state index in [4.69, 9.17) is 28.1 Å². The topological polar surface area (TPSA) is 175 Å². The van der Waals surface area contributed by atoms with Crippen molar-refractivity contribution in [3.05, 3.63) is 489 Å². The molecule has 0 atom stereocenters. The Morgan fingerprint density at radius 1 is 0.348 bits per heavy atom. The molecule has 0 amide bonds. The first-order chi connectivity index (χ1) is 67.1. The zero-order valence-electron chi connectivity index (χ0n) is 75.4. The summed E-state index contributed by atoms with van der Waals surface area (Å²) in [5.74, 6) is 0.253. The number of ether oxygens (including phenoxy) is 1. The Morgan fingerprint density at radius 3 is 1.13 bits per heavy atom. The number of hydrogen-bond donors (Lipinski definition) is 2. The Balaban J connectivity index is 0.000000130. The molecule has 138 heavy (non-hydrogen) atoms. The Morgan fingerprint density at radius 2 is 0.703 bits per heavy atom. The van der Waals surface area contributed by atoms with Gasteiger partial charge in [-0.15, -0.1) is 0 Å². The van der Waals surface area contributed by atoms with Crippen LogP contribution in [0.2, 0.25) is 0 Å². The van der Waals surface area contributed by atoms with E-state index in [0.717, 1.165) is 177 Å². The van der Waals surface area contributed by atoms with Crippen LogP contribution in [0.1, 0.15) is 108 Å². The Labute approximate surface area is 845 Å². The second-order valence-corrected chi connectivity index (χ2v) is 35.9. The first kappa shape index (κ1) is 95.2. The quantitative estimate of drug-likeness (QED) is 0.0753. The normalized spacial score (nSPS) is 12.2. The number of hydrogen-bond acceptors (Lipinski definition) is 13. The number of halogens is 4. The summed E-state index contributed by atoms with van der Waals surface area (Å²) in [7, 11) is 0. The van der Waals surface area contributed by atoms with Crippen molar-refractivity contribution in [3.8, 4) is 11.1 Å². The Bertz CT molecular complexity index is 7750. The molecule has 21 aromatic rings. The number of nitrogens with zero attached hydrogens (tertiary/aromatic N) is 2. The van der Waals surface area contributed by atoms with Gasteiger partial charge in [0, 0.05) is 138 Å². The fraction of sp³-hybridized carbons (Fsp3) is 0.0583. The van der Waals surface area contributed by atoms with Crippen LogP contribution in [0.15, 0.2) is 438 Å². The van der Waals surface area contributed by atoms with Crippen molar-refractivity contribution in [2.24, 2.45) is 0 Å². The van der Waals surface area contributed by atoms with Crippen molar-refractivity contribution in [2.75, 3.05) is 34.1 Å². The molecular weight excluding hydrogens is 1970 g/mol. The maximum Gasteiger partial charge on any atom is 1.00 e. The van der Waals surface area contributed by atoms with E-state index in [-0.39, 0.29) is 42.0 Å². The van der Waals surface area contributed by atoms with Crippen molar-refractivity contribution in [1.29, 1.82) is 0 Å². The number of nitrogens with two attached hydrogens (primary N) is 1. The number of para-hydroxylation sites is 11. The van der Waals surface area contributed by atoms with Crippen LogP contribution >= 0.6 is 63.7 Å². The van der Waals surface area contributed by atoms with Crippen LogP contribution in [0, 0.1) is 13.0 Å². The second kappa shape index (κ2) is 44.5. The number of anilines is 9. The van der Waals surface area contributed by atoms with Gasteiger partial charge >= 0.3 is 18.9 Å². The molecule has 18 heteroatoms. The van der Waals surface area contributed by atoms with E-state index in [1.807, 2.05) is 267 Å². The minimum atomic E-state index is -0.205. The van der Waals surface area contributed by atoms with Gasteiger partial charge in [-0.3, -0.25) is 19.2 Å². The zero-order chi connectivity index (χ0) is 94.3. The van der Waals surface area contributed by atoms with Crippen LogP contribution in [0.4, 0.5) is 51.2 Å². The number of nitrogen functional groups attached to an aromatic ring is 1. The summed E-state index contributed by atoms with van der Waals surface area (Å²) in [6.07, 6.45) is 11.8. The third kappa shape index (κ3) is 21.0. The number of fused-ring (bicyclic) bond motifs is 16. The molecule has 5 heterocycles. The van der Waals surface area contributed by atoms with Crippen LogP contribution in [-0.2, 0) is 4.74 Å². The predicted octanol–water partition coefficient (Wildman–Crippen LogP) is 31.3. The van der Waals surface area contributed by atoms with Gasteiger partial charge < -0.3 is 50.2 Å². The van der Waals surface area contributed by atoms with Gasteiger partial charge in [-0.2, -0.15) is 6.42 Å². The van der Waals surface area contributed by atoms with Crippen molar-refractivity contribution in [1.82, 2.24) is 0 Å². The molecule has 1 saturated heterocycles. The number of benzene rings is 17. The molecule has 25 rings (SSSR count). The molecule has 3 aliphatic carbocycles. The van der Waals surface area contributed by atoms with Crippen LogP contribution < -0.4 is 39.7 Å². The van der Waals surface area contributed by atoms with E-state index in [1.165, 1.54) is 30.4 Å². The van der Waals surface area contributed by atoms with E-state index in [9.17, 15) is 19.2 Å². The second-order valence-electron chi connectivity index (χ2n) is 32.4. The SMILES string of the molecule is BrC1=[C+]C=Cc2c1oc1ccccc21.Brc1ccc(-c2ccccc2)cc1.C1CCOC1.Nc1ccccc1.O=C1c2ccc(Br)cc2C(=O)c2ccc(Br)cc21.O=C1c2ccc(N(c3ccccc3)c3cccc4c3oc3ccccc34)cc2C(=O)c2ccc(N(c3ccccc3)c3cccc4c3oc3ccccc34)cc21.[CH2-]CCC.[Li+].c1ccc(Nc2cccc3c2oc2ccccc23)cc1. The Hall–Kier alpha value is -14.6. The molecule has 0 saturated carbocycles. The van der Waals surface area contributed by atoms with E-state index >= 15 is 0 Å². The van der Waals surface area contributed by atoms with Gasteiger partial charge in [0.1, 0.15) is 28.4 Å². The molecule has 13 nitrogen and oxygen atoms in total. The van der Waals surface area contributed by atoms with Crippen LogP contribution in [0.5, 0.6) is 0 Å². The number of nitrogens with one attached hydrogen (secondary N) is 1. The van der Waals surface area contributed by atoms with E-state index in [0.29, 0.717) is 44.5 Å². The van der Waals surface area contributed by atoms with Gasteiger partial charge in [0.2, 0.25) is 4.48 Å². The third-order valence-electron chi connectivity index (χ3n) is 23.4. The number of carbonyl (C=O) groups excluding carboxylic acids is 4. The molecule has 3 N–H and O–H groups in total. The third-order valence-corrected chi connectivity index (χ3v) is 25.5. The number of allylic oxidation sites excluding steroid dienone is 2.